The van der Waals surface area contributed by atoms with Crippen molar-refractivity contribution < 1.29 is 13.3 Å². The summed E-state index contributed by atoms with van der Waals surface area (Å²) in [7, 11) is -3.75. The Balaban J connectivity index is 1.81. The van der Waals surface area contributed by atoms with Crippen molar-refractivity contribution in [3.8, 4) is 0 Å². The van der Waals surface area contributed by atoms with E-state index in [1.165, 1.54) is 16.4 Å². The molecule has 0 radical (unpaired) electrons. The summed E-state index contributed by atoms with van der Waals surface area (Å²) >= 11 is 0. The molecule has 9 heteroatoms. The molecule has 1 N–H and O–H groups in total. The van der Waals surface area contributed by atoms with Crippen LogP contribution in [0.5, 0.6) is 0 Å². The lowest BCUT2D eigenvalue weighted by Crippen LogP contribution is -2.42. The molecule has 1 aromatic rings. The van der Waals surface area contributed by atoms with Gasteiger partial charge in [0.05, 0.1) is 9.82 Å². The van der Waals surface area contributed by atoms with E-state index in [4.69, 9.17) is 0 Å². The first-order valence-corrected chi connectivity index (χ1v) is 11.9. The van der Waals surface area contributed by atoms with Crippen LogP contribution in [0.1, 0.15) is 40.0 Å². The zero-order valence-corrected chi connectivity index (χ0v) is 18.3. The second kappa shape index (κ2) is 8.97. The zero-order valence-electron chi connectivity index (χ0n) is 17.5. The van der Waals surface area contributed by atoms with Crippen LogP contribution in [-0.2, 0) is 10.0 Å². The molecule has 0 spiro atoms. The predicted molar refractivity (Wildman–Crippen MR) is 114 cm³/mol. The van der Waals surface area contributed by atoms with Gasteiger partial charge >= 0.3 is 0 Å². The Morgan fingerprint density at radius 2 is 1.79 bits per heavy atom. The molecule has 162 valence electrons. The van der Waals surface area contributed by atoms with E-state index in [0.29, 0.717) is 18.8 Å². The first-order chi connectivity index (χ1) is 13.7. The smallest absolute Gasteiger partial charge is 0.293 e. The number of hydrogen-bond donors (Lipinski definition) is 1. The van der Waals surface area contributed by atoms with E-state index in [-0.39, 0.29) is 28.5 Å². The minimum atomic E-state index is -3.75. The molecule has 0 aromatic heterocycles. The fourth-order valence-corrected chi connectivity index (χ4v) is 6.21. The van der Waals surface area contributed by atoms with E-state index >= 15 is 0 Å². The molecule has 2 saturated heterocycles. The van der Waals surface area contributed by atoms with Crippen LogP contribution in [0, 0.1) is 22.0 Å². The van der Waals surface area contributed by atoms with Gasteiger partial charge in [0.25, 0.3) is 5.69 Å². The fraction of sp³-hybridized carbons (Fsp3) is 0.700. The maximum Gasteiger partial charge on any atom is 0.293 e. The molecule has 2 heterocycles. The first-order valence-electron chi connectivity index (χ1n) is 10.5. The molecule has 2 fully saturated rings. The third-order valence-electron chi connectivity index (χ3n) is 6.03. The highest BCUT2D eigenvalue weighted by molar-refractivity contribution is 7.89. The van der Waals surface area contributed by atoms with E-state index in [0.717, 1.165) is 38.9 Å². The van der Waals surface area contributed by atoms with Gasteiger partial charge in [-0.2, -0.15) is 4.31 Å². The van der Waals surface area contributed by atoms with Crippen LogP contribution in [0.2, 0.25) is 0 Å². The quantitative estimate of drug-likeness (QED) is 0.557. The molecule has 0 saturated carbocycles. The second-order valence-electron chi connectivity index (χ2n) is 8.56. The van der Waals surface area contributed by atoms with Gasteiger partial charge in [0.2, 0.25) is 10.0 Å². The summed E-state index contributed by atoms with van der Waals surface area (Å²) in [5, 5.41) is 14.9. The van der Waals surface area contributed by atoms with Gasteiger partial charge in [-0.3, -0.25) is 10.1 Å². The SMILES string of the molecule is CCN1CCC(Nc2ccc(S(=O)(=O)N3C[C@@H](C)C[C@H](C)C3)cc2[N+](=O)[O-])CC1. The number of hydrogen-bond acceptors (Lipinski definition) is 6. The summed E-state index contributed by atoms with van der Waals surface area (Å²) in [5.74, 6) is 0.553. The zero-order chi connectivity index (χ0) is 21.2. The summed E-state index contributed by atoms with van der Waals surface area (Å²) < 4.78 is 27.7. The molecule has 2 atom stereocenters. The number of sulfonamides is 1. The van der Waals surface area contributed by atoms with E-state index in [1.54, 1.807) is 6.07 Å². The molecule has 0 aliphatic carbocycles. The monoisotopic (exact) mass is 424 g/mol. The third-order valence-corrected chi connectivity index (χ3v) is 7.86. The topological polar surface area (TPSA) is 95.8 Å². The van der Waals surface area contributed by atoms with Crippen LogP contribution in [0.3, 0.4) is 0 Å². The Labute approximate surface area is 173 Å². The molecular weight excluding hydrogens is 392 g/mol. The van der Waals surface area contributed by atoms with E-state index < -0.39 is 14.9 Å². The van der Waals surface area contributed by atoms with Gasteiger partial charge < -0.3 is 10.2 Å². The minimum Gasteiger partial charge on any atom is -0.377 e. The molecule has 2 aliphatic heterocycles. The number of piperidine rings is 2. The van der Waals surface area contributed by atoms with Crippen molar-refractivity contribution in [1.29, 1.82) is 0 Å². The number of nitrogens with zero attached hydrogens (tertiary/aromatic N) is 3. The largest absolute Gasteiger partial charge is 0.377 e. The average molecular weight is 425 g/mol. The lowest BCUT2D eigenvalue weighted by Gasteiger charge is -2.34. The highest BCUT2D eigenvalue weighted by Crippen LogP contribution is 2.32. The van der Waals surface area contributed by atoms with Crippen LogP contribution in [0.4, 0.5) is 11.4 Å². The predicted octanol–water partition coefficient (Wildman–Crippen LogP) is 3.16. The van der Waals surface area contributed by atoms with Crippen molar-refractivity contribution in [1.82, 2.24) is 9.21 Å². The van der Waals surface area contributed by atoms with Crippen LogP contribution in [0.25, 0.3) is 0 Å². The van der Waals surface area contributed by atoms with Gasteiger partial charge in [0, 0.05) is 38.3 Å². The third kappa shape index (κ3) is 5.07. The summed E-state index contributed by atoms with van der Waals surface area (Å²) in [6.45, 7) is 10.0. The highest BCUT2D eigenvalue weighted by Gasteiger charge is 2.33. The molecule has 0 unspecified atom stereocenters. The normalized spacial score (nSPS) is 25.1. The Morgan fingerprint density at radius 3 is 2.34 bits per heavy atom. The maximum atomic E-state index is 13.1. The van der Waals surface area contributed by atoms with E-state index in [1.807, 2.05) is 13.8 Å². The number of rotatable bonds is 6. The average Bonchev–Trinajstić information content (AvgIpc) is 2.68. The number of nitro benzene ring substituents is 1. The number of likely N-dealkylation sites (tertiary alicyclic amines) is 1. The summed E-state index contributed by atoms with van der Waals surface area (Å²) in [6, 6.07) is 4.41. The molecular formula is C20H32N4O4S. The Bertz CT molecular complexity index is 827. The molecule has 1 aromatic carbocycles. The Morgan fingerprint density at radius 1 is 1.17 bits per heavy atom. The van der Waals surface area contributed by atoms with E-state index in [2.05, 4.69) is 17.1 Å². The maximum absolute atomic E-state index is 13.1. The lowest BCUT2D eigenvalue weighted by atomic mass is 9.94. The Hall–Kier alpha value is -1.71. The van der Waals surface area contributed by atoms with Crippen molar-refractivity contribution in [3.05, 3.63) is 28.3 Å². The number of benzene rings is 1. The number of nitro groups is 1. The fourth-order valence-electron chi connectivity index (χ4n) is 4.51. The van der Waals surface area contributed by atoms with E-state index in [9.17, 15) is 18.5 Å². The van der Waals surface area contributed by atoms with Crippen molar-refractivity contribution >= 4 is 21.4 Å². The Kier molecular flexibility index (Phi) is 6.80. The second-order valence-corrected chi connectivity index (χ2v) is 10.5. The summed E-state index contributed by atoms with van der Waals surface area (Å²) in [6.07, 6.45) is 2.81. The number of nitrogens with one attached hydrogen (secondary N) is 1. The van der Waals surface area contributed by atoms with Crippen LogP contribution in [-0.4, -0.2) is 61.3 Å². The van der Waals surface area contributed by atoms with Crippen molar-refractivity contribution in [2.24, 2.45) is 11.8 Å². The molecule has 0 bridgehead atoms. The van der Waals surface area contributed by atoms with Gasteiger partial charge in [0.1, 0.15) is 5.69 Å². The summed E-state index contributed by atoms with van der Waals surface area (Å²) in [5.41, 5.74) is 0.214. The van der Waals surface area contributed by atoms with Gasteiger partial charge in [-0.1, -0.05) is 20.8 Å². The van der Waals surface area contributed by atoms with Gasteiger partial charge in [-0.25, -0.2) is 8.42 Å². The molecule has 8 nitrogen and oxygen atoms in total. The lowest BCUT2D eigenvalue weighted by molar-refractivity contribution is -0.384. The standard InChI is InChI=1S/C20H32N4O4S/c1-4-22-9-7-17(8-10-22)21-19-6-5-18(12-20(19)24(25)26)29(27,28)23-13-15(2)11-16(3)14-23/h5-6,12,15-17,21H,4,7-11,13-14H2,1-3H3/t15-,16-/m0/s1. The van der Waals surface area contributed by atoms with Gasteiger partial charge in [-0.05, 0) is 49.8 Å². The van der Waals surface area contributed by atoms with Crippen LogP contribution < -0.4 is 5.32 Å². The molecule has 0 amide bonds. The first kappa shape index (κ1) is 22.0. The molecule has 29 heavy (non-hydrogen) atoms. The molecule has 2 aliphatic rings. The highest BCUT2D eigenvalue weighted by atomic mass is 32.2. The molecule has 3 rings (SSSR count). The van der Waals surface area contributed by atoms with Gasteiger partial charge in [-0.15, -0.1) is 0 Å². The van der Waals surface area contributed by atoms with Crippen LogP contribution >= 0.6 is 0 Å². The van der Waals surface area contributed by atoms with Crippen LogP contribution in [0.15, 0.2) is 23.1 Å². The van der Waals surface area contributed by atoms with Crippen molar-refractivity contribution in [2.45, 2.75) is 51.0 Å². The minimum absolute atomic E-state index is 0.00291. The van der Waals surface area contributed by atoms with Gasteiger partial charge in [0.15, 0.2) is 0 Å². The van der Waals surface area contributed by atoms with Crippen molar-refractivity contribution in [3.63, 3.8) is 0 Å². The van der Waals surface area contributed by atoms with Crippen molar-refractivity contribution in [2.75, 3.05) is 38.0 Å². The summed E-state index contributed by atoms with van der Waals surface area (Å²) in [4.78, 5) is 13.5. The number of anilines is 1.